The van der Waals surface area contributed by atoms with E-state index in [0.717, 1.165) is 48.3 Å². The van der Waals surface area contributed by atoms with Crippen molar-refractivity contribution in [3.05, 3.63) is 16.8 Å². The summed E-state index contributed by atoms with van der Waals surface area (Å²) in [6, 6.07) is 0. The Bertz CT molecular complexity index is 494. The van der Waals surface area contributed by atoms with E-state index >= 15 is 0 Å². The van der Waals surface area contributed by atoms with Crippen LogP contribution in [0.4, 0.5) is 5.82 Å². The number of aryl methyl sites for hydroxylation is 1. The van der Waals surface area contributed by atoms with Crippen LogP contribution in [0.3, 0.4) is 0 Å². The van der Waals surface area contributed by atoms with Crippen molar-refractivity contribution in [1.29, 1.82) is 0 Å². The lowest BCUT2D eigenvalue weighted by Crippen LogP contribution is -2.42. The Hall–Kier alpha value is -1.23. The van der Waals surface area contributed by atoms with Crippen LogP contribution in [0, 0.1) is 0 Å². The number of hydrogen-bond donors (Lipinski definition) is 2. The third kappa shape index (κ3) is 2.71. The Morgan fingerprint density at radius 2 is 2.00 bits per heavy atom. The summed E-state index contributed by atoms with van der Waals surface area (Å²) in [6.45, 7) is 6.39. The average Bonchev–Trinajstić information content (AvgIpc) is 2.35. The van der Waals surface area contributed by atoms with E-state index in [4.69, 9.17) is 18.0 Å². The normalized spacial score (nSPS) is 16.8. The fourth-order valence-electron chi connectivity index (χ4n) is 2.64. The van der Waals surface area contributed by atoms with Gasteiger partial charge in [0.1, 0.15) is 4.99 Å². The number of nitrogens with zero attached hydrogens (tertiary/aromatic N) is 2. The summed E-state index contributed by atoms with van der Waals surface area (Å²) in [5.41, 5.74) is 9.05. The van der Waals surface area contributed by atoms with E-state index in [1.54, 1.807) is 0 Å². The van der Waals surface area contributed by atoms with Crippen molar-refractivity contribution in [2.75, 3.05) is 5.32 Å². The van der Waals surface area contributed by atoms with Crippen molar-refractivity contribution in [1.82, 2.24) is 10.2 Å². The van der Waals surface area contributed by atoms with E-state index in [2.05, 4.69) is 36.3 Å². The summed E-state index contributed by atoms with van der Waals surface area (Å²) in [5, 5.41) is 12.1. The Morgan fingerprint density at radius 1 is 1.32 bits per heavy atom. The van der Waals surface area contributed by atoms with Gasteiger partial charge in [0.2, 0.25) is 0 Å². The van der Waals surface area contributed by atoms with Crippen molar-refractivity contribution < 1.29 is 0 Å². The van der Waals surface area contributed by atoms with Gasteiger partial charge in [-0.15, -0.1) is 5.10 Å². The Kier molecular flexibility index (Phi) is 4.04. The quantitative estimate of drug-likeness (QED) is 0.811. The second kappa shape index (κ2) is 5.41. The molecule has 1 aromatic rings. The standard InChI is InChI=1S/C14H22N4S/c1-4-9-10(5-2)17-18-13(11(9)12(15)19)16-14(3)7-6-8-14/h4-8H2,1-3H3,(H2,15,19)(H,16,18). The Balaban J connectivity index is 2.45. The van der Waals surface area contributed by atoms with E-state index in [9.17, 15) is 0 Å². The van der Waals surface area contributed by atoms with Gasteiger partial charge in [0.05, 0.1) is 11.3 Å². The first-order chi connectivity index (χ1) is 9.00. The molecule has 0 atom stereocenters. The van der Waals surface area contributed by atoms with Crippen molar-refractivity contribution in [2.45, 2.75) is 58.4 Å². The van der Waals surface area contributed by atoms with E-state index in [1.807, 2.05) is 0 Å². The van der Waals surface area contributed by atoms with Crippen molar-refractivity contribution in [3.8, 4) is 0 Å². The Labute approximate surface area is 120 Å². The third-order valence-electron chi connectivity index (χ3n) is 3.97. The largest absolute Gasteiger partial charge is 0.389 e. The van der Waals surface area contributed by atoms with Crippen LogP contribution in [0.15, 0.2) is 0 Å². The van der Waals surface area contributed by atoms with Gasteiger partial charge in [0, 0.05) is 5.54 Å². The SMILES string of the molecule is CCc1nnc(NC2(C)CCC2)c(C(N)=S)c1CC. The zero-order valence-corrected chi connectivity index (χ0v) is 12.7. The minimum atomic E-state index is 0.118. The van der Waals surface area contributed by atoms with E-state index < -0.39 is 0 Å². The van der Waals surface area contributed by atoms with Gasteiger partial charge in [-0.2, -0.15) is 5.10 Å². The average molecular weight is 278 g/mol. The van der Waals surface area contributed by atoms with Crippen molar-refractivity contribution >= 4 is 23.0 Å². The summed E-state index contributed by atoms with van der Waals surface area (Å²) in [6.07, 6.45) is 5.29. The molecule has 0 bridgehead atoms. The molecule has 0 spiro atoms. The highest BCUT2D eigenvalue weighted by Gasteiger charge is 2.33. The first-order valence-corrected chi connectivity index (χ1v) is 7.38. The molecule has 1 aromatic heterocycles. The number of rotatable bonds is 5. The third-order valence-corrected chi connectivity index (χ3v) is 4.17. The molecule has 1 fully saturated rings. The second-order valence-corrected chi connectivity index (χ2v) is 5.90. The molecule has 0 saturated heterocycles. The van der Waals surface area contributed by atoms with Crippen molar-refractivity contribution in [2.24, 2.45) is 5.73 Å². The van der Waals surface area contributed by atoms with Gasteiger partial charge in [-0.05, 0) is 44.6 Å². The zero-order chi connectivity index (χ0) is 14.0. The van der Waals surface area contributed by atoms with Gasteiger partial charge in [-0.25, -0.2) is 0 Å². The summed E-state index contributed by atoms with van der Waals surface area (Å²) in [4.78, 5) is 0.409. The summed E-state index contributed by atoms with van der Waals surface area (Å²) in [7, 11) is 0. The molecule has 1 aliphatic rings. The fraction of sp³-hybridized carbons (Fsp3) is 0.643. The first-order valence-electron chi connectivity index (χ1n) is 6.97. The maximum atomic E-state index is 5.92. The monoisotopic (exact) mass is 278 g/mol. The molecular weight excluding hydrogens is 256 g/mol. The van der Waals surface area contributed by atoms with Gasteiger partial charge >= 0.3 is 0 Å². The number of hydrogen-bond acceptors (Lipinski definition) is 4. The second-order valence-electron chi connectivity index (χ2n) is 5.46. The molecule has 0 unspecified atom stereocenters. The predicted molar refractivity (Wildman–Crippen MR) is 82.6 cm³/mol. The van der Waals surface area contributed by atoms with E-state index in [1.165, 1.54) is 6.42 Å². The van der Waals surface area contributed by atoms with Gasteiger partial charge in [-0.3, -0.25) is 0 Å². The van der Waals surface area contributed by atoms with Crippen LogP contribution in [0.25, 0.3) is 0 Å². The molecule has 4 nitrogen and oxygen atoms in total. The minimum Gasteiger partial charge on any atom is -0.389 e. The van der Waals surface area contributed by atoms with Crippen LogP contribution in [-0.2, 0) is 12.8 Å². The van der Waals surface area contributed by atoms with Gasteiger partial charge in [0.25, 0.3) is 0 Å². The topological polar surface area (TPSA) is 63.8 Å². The Morgan fingerprint density at radius 3 is 2.42 bits per heavy atom. The van der Waals surface area contributed by atoms with E-state index in [-0.39, 0.29) is 5.54 Å². The van der Waals surface area contributed by atoms with E-state index in [0.29, 0.717) is 4.99 Å². The fourth-order valence-corrected chi connectivity index (χ4v) is 2.86. The molecule has 0 aromatic carbocycles. The van der Waals surface area contributed by atoms with Gasteiger partial charge in [-0.1, -0.05) is 26.1 Å². The molecule has 19 heavy (non-hydrogen) atoms. The smallest absolute Gasteiger partial charge is 0.159 e. The molecule has 1 heterocycles. The van der Waals surface area contributed by atoms with Crippen LogP contribution in [0.2, 0.25) is 0 Å². The number of nitrogens with two attached hydrogens (primary N) is 1. The molecule has 0 radical (unpaired) electrons. The summed E-state index contributed by atoms with van der Waals surface area (Å²) >= 11 is 5.22. The minimum absolute atomic E-state index is 0.118. The maximum Gasteiger partial charge on any atom is 0.159 e. The highest BCUT2D eigenvalue weighted by Crippen LogP contribution is 2.35. The number of aromatic nitrogens is 2. The van der Waals surface area contributed by atoms with Crippen LogP contribution < -0.4 is 11.1 Å². The maximum absolute atomic E-state index is 5.92. The summed E-state index contributed by atoms with van der Waals surface area (Å²) in [5.74, 6) is 0.753. The molecule has 0 amide bonds. The highest BCUT2D eigenvalue weighted by atomic mass is 32.1. The molecule has 3 N–H and O–H groups in total. The zero-order valence-electron chi connectivity index (χ0n) is 11.9. The highest BCUT2D eigenvalue weighted by molar-refractivity contribution is 7.80. The first kappa shape index (κ1) is 14.2. The predicted octanol–water partition coefficient (Wildman–Crippen LogP) is 2.59. The lowest BCUT2D eigenvalue weighted by molar-refractivity contribution is 0.305. The molecule has 1 saturated carbocycles. The number of anilines is 1. The lowest BCUT2D eigenvalue weighted by atomic mass is 9.78. The molecule has 104 valence electrons. The lowest BCUT2D eigenvalue weighted by Gasteiger charge is -2.40. The van der Waals surface area contributed by atoms with Crippen LogP contribution in [0.5, 0.6) is 0 Å². The van der Waals surface area contributed by atoms with Gasteiger partial charge < -0.3 is 11.1 Å². The molecular formula is C14H22N4S. The molecule has 1 aliphatic carbocycles. The van der Waals surface area contributed by atoms with Crippen LogP contribution in [0.1, 0.15) is 56.9 Å². The van der Waals surface area contributed by atoms with Crippen LogP contribution >= 0.6 is 12.2 Å². The number of nitrogens with one attached hydrogen (secondary N) is 1. The molecule has 2 rings (SSSR count). The van der Waals surface area contributed by atoms with Crippen molar-refractivity contribution in [3.63, 3.8) is 0 Å². The molecule has 0 aliphatic heterocycles. The van der Waals surface area contributed by atoms with Crippen LogP contribution in [-0.4, -0.2) is 20.7 Å². The van der Waals surface area contributed by atoms with Gasteiger partial charge in [0.15, 0.2) is 5.82 Å². The number of thiocarbonyl (C=S) groups is 1. The molecule has 5 heteroatoms. The summed E-state index contributed by atoms with van der Waals surface area (Å²) < 4.78 is 0.